The van der Waals surface area contributed by atoms with Gasteiger partial charge in [0.2, 0.25) is 0 Å². The second kappa shape index (κ2) is 9.36. The van der Waals surface area contributed by atoms with Crippen molar-refractivity contribution in [2.75, 3.05) is 11.3 Å². The lowest BCUT2D eigenvalue weighted by atomic mass is 10.0. The third-order valence-corrected chi connectivity index (χ3v) is 6.20. The van der Waals surface area contributed by atoms with Crippen LogP contribution in [0.2, 0.25) is 0 Å². The Balaban J connectivity index is 0.00000280. The molecule has 0 bridgehead atoms. The number of halogens is 2. The van der Waals surface area contributed by atoms with Gasteiger partial charge in [-0.25, -0.2) is 12.8 Å². The van der Waals surface area contributed by atoms with Gasteiger partial charge in [0, 0.05) is 17.3 Å². The topological polar surface area (TPSA) is 101 Å². The van der Waals surface area contributed by atoms with Gasteiger partial charge in [-0.05, 0) is 73.8 Å². The molecular formula is C19H23ClFN3O3S. The summed E-state index contributed by atoms with van der Waals surface area (Å²) in [5.41, 5.74) is 6.38. The van der Waals surface area contributed by atoms with E-state index in [2.05, 4.69) is 10.0 Å². The van der Waals surface area contributed by atoms with Crippen molar-refractivity contribution in [3.63, 3.8) is 0 Å². The van der Waals surface area contributed by atoms with E-state index in [1.807, 2.05) is 0 Å². The summed E-state index contributed by atoms with van der Waals surface area (Å²) in [5, 5.41) is 2.98. The molecule has 4 N–H and O–H groups in total. The molecule has 3 rings (SSSR count). The summed E-state index contributed by atoms with van der Waals surface area (Å²) >= 11 is 0. The summed E-state index contributed by atoms with van der Waals surface area (Å²) in [6.07, 6.45) is 2.95. The third kappa shape index (κ3) is 5.21. The standard InChI is InChI=1S/C19H22FN3O3S.ClH/c20-15-6-8-16(9-7-15)23-27(25,26)17-10-4-13(5-11-17)19(24)22-18-3-1-2-14(18)12-21;/h4-11,14,18,23H,1-3,12,21H2,(H,22,24);1H. The van der Waals surface area contributed by atoms with Gasteiger partial charge in [0.15, 0.2) is 0 Å². The van der Waals surface area contributed by atoms with Crippen molar-refractivity contribution < 1.29 is 17.6 Å². The van der Waals surface area contributed by atoms with Crippen LogP contribution in [0, 0.1) is 11.7 Å². The van der Waals surface area contributed by atoms with E-state index < -0.39 is 15.8 Å². The number of anilines is 1. The molecule has 28 heavy (non-hydrogen) atoms. The predicted octanol–water partition coefficient (Wildman–Crippen LogP) is 2.91. The van der Waals surface area contributed by atoms with Crippen LogP contribution in [0.3, 0.4) is 0 Å². The Morgan fingerprint density at radius 1 is 1.07 bits per heavy atom. The molecule has 0 aliphatic heterocycles. The van der Waals surface area contributed by atoms with Crippen molar-refractivity contribution in [2.45, 2.75) is 30.2 Å². The quantitative estimate of drug-likeness (QED) is 0.659. The lowest BCUT2D eigenvalue weighted by Crippen LogP contribution is -2.39. The first-order valence-electron chi connectivity index (χ1n) is 8.78. The molecule has 9 heteroatoms. The van der Waals surface area contributed by atoms with E-state index >= 15 is 0 Å². The van der Waals surface area contributed by atoms with Gasteiger partial charge in [0.05, 0.1) is 4.90 Å². The van der Waals surface area contributed by atoms with Crippen LogP contribution >= 0.6 is 12.4 Å². The molecule has 2 atom stereocenters. The molecule has 2 unspecified atom stereocenters. The summed E-state index contributed by atoms with van der Waals surface area (Å²) in [6, 6.07) is 10.8. The smallest absolute Gasteiger partial charge is 0.261 e. The van der Waals surface area contributed by atoms with Crippen LogP contribution in [0.1, 0.15) is 29.6 Å². The maximum atomic E-state index is 12.9. The molecule has 1 aliphatic carbocycles. The molecule has 1 fully saturated rings. The Labute approximate surface area is 170 Å². The molecule has 152 valence electrons. The predicted molar refractivity (Wildman–Crippen MR) is 109 cm³/mol. The van der Waals surface area contributed by atoms with Crippen molar-refractivity contribution in [1.82, 2.24) is 5.32 Å². The lowest BCUT2D eigenvalue weighted by molar-refractivity contribution is 0.0928. The summed E-state index contributed by atoms with van der Waals surface area (Å²) in [7, 11) is -3.82. The molecule has 6 nitrogen and oxygen atoms in total. The van der Waals surface area contributed by atoms with Crippen molar-refractivity contribution in [1.29, 1.82) is 0 Å². The summed E-state index contributed by atoms with van der Waals surface area (Å²) in [6.45, 7) is 0.539. The number of hydrogen-bond acceptors (Lipinski definition) is 4. The van der Waals surface area contributed by atoms with Crippen LogP contribution in [0.5, 0.6) is 0 Å². The van der Waals surface area contributed by atoms with Gasteiger partial charge in [0.25, 0.3) is 15.9 Å². The lowest BCUT2D eigenvalue weighted by Gasteiger charge is -2.19. The van der Waals surface area contributed by atoms with Gasteiger partial charge < -0.3 is 11.1 Å². The van der Waals surface area contributed by atoms with Crippen LogP contribution in [0.4, 0.5) is 10.1 Å². The first-order chi connectivity index (χ1) is 12.9. The zero-order chi connectivity index (χ0) is 19.4. The molecule has 1 saturated carbocycles. The highest BCUT2D eigenvalue weighted by atomic mass is 35.5. The van der Waals surface area contributed by atoms with E-state index in [0.717, 1.165) is 19.3 Å². The Morgan fingerprint density at radius 3 is 2.32 bits per heavy atom. The highest BCUT2D eigenvalue weighted by molar-refractivity contribution is 7.92. The number of carbonyl (C=O) groups excluding carboxylic acids is 1. The number of nitrogens with one attached hydrogen (secondary N) is 2. The zero-order valence-electron chi connectivity index (χ0n) is 15.1. The minimum absolute atomic E-state index is 0. The van der Waals surface area contributed by atoms with Crippen LogP contribution in [0.25, 0.3) is 0 Å². The number of carbonyl (C=O) groups is 1. The van der Waals surface area contributed by atoms with Gasteiger partial charge in [-0.2, -0.15) is 0 Å². The largest absolute Gasteiger partial charge is 0.349 e. The first kappa shape index (κ1) is 22.1. The molecule has 0 saturated heterocycles. The van der Waals surface area contributed by atoms with Crippen LogP contribution in [0.15, 0.2) is 53.4 Å². The zero-order valence-corrected chi connectivity index (χ0v) is 16.7. The summed E-state index contributed by atoms with van der Waals surface area (Å²) < 4.78 is 40.1. The Kier molecular flexibility index (Phi) is 7.40. The van der Waals surface area contributed by atoms with Gasteiger partial charge in [0.1, 0.15) is 5.82 Å². The average molecular weight is 428 g/mol. The van der Waals surface area contributed by atoms with E-state index in [9.17, 15) is 17.6 Å². The fraction of sp³-hybridized carbons (Fsp3) is 0.316. The van der Waals surface area contributed by atoms with Crippen LogP contribution in [-0.2, 0) is 10.0 Å². The fourth-order valence-electron chi connectivity index (χ4n) is 3.28. The molecule has 0 heterocycles. The van der Waals surface area contributed by atoms with Crippen molar-refractivity contribution >= 4 is 34.0 Å². The molecule has 0 aromatic heterocycles. The number of amides is 1. The summed E-state index contributed by atoms with van der Waals surface area (Å²) in [4.78, 5) is 12.4. The SMILES string of the molecule is Cl.NCC1CCCC1NC(=O)c1ccc(S(=O)(=O)Nc2ccc(F)cc2)cc1. The molecule has 0 radical (unpaired) electrons. The van der Waals surface area contributed by atoms with Gasteiger partial charge in [-0.15, -0.1) is 12.4 Å². The Hall–Kier alpha value is -2.16. The van der Waals surface area contributed by atoms with Crippen molar-refractivity contribution in [3.05, 3.63) is 59.9 Å². The molecule has 2 aromatic rings. The second-order valence-electron chi connectivity index (χ2n) is 6.64. The van der Waals surface area contributed by atoms with E-state index in [4.69, 9.17) is 5.73 Å². The average Bonchev–Trinajstić information content (AvgIpc) is 3.10. The Bertz CT molecular complexity index is 905. The molecule has 1 amide bonds. The van der Waals surface area contributed by atoms with E-state index in [1.54, 1.807) is 0 Å². The second-order valence-corrected chi connectivity index (χ2v) is 8.33. The number of sulfonamides is 1. The van der Waals surface area contributed by atoms with Gasteiger partial charge in [-0.1, -0.05) is 6.42 Å². The molecular weight excluding hydrogens is 405 g/mol. The van der Waals surface area contributed by atoms with Crippen LogP contribution < -0.4 is 15.8 Å². The Morgan fingerprint density at radius 2 is 1.71 bits per heavy atom. The maximum Gasteiger partial charge on any atom is 0.261 e. The molecule has 2 aromatic carbocycles. The number of nitrogens with two attached hydrogens (primary N) is 1. The monoisotopic (exact) mass is 427 g/mol. The third-order valence-electron chi connectivity index (χ3n) is 4.80. The highest BCUT2D eigenvalue weighted by Gasteiger charge is 2.27. The first-order valence-corrected chi connectivity index (χ1v) is 10.3. The highest BCUT2D eigenvalue weighted by Crippen LogP contribution is 2.25. The minimum Gasteiger partial charge on any atom is -0.349 e. The number of benzene rings is 2. The molecule has 1 aliphatic rings. The molecule has 0 spiro atoms. The number of hydrogen-bond donors (Lipinski definition) is 3. The van der Waals surface area contributed by atoms with Crippen LogP contribution in [-0.4, -0.2) is 26.9 Å². The maximum absolute atomic E-state index is 12.9. The van der Waals surface area contributed by atoms with E-state index in [-0.39, 0.29) is 40.9 Å². The van der Waals surface area contributed by atoms with Crippen molar-refractivity contribution in [2.24, 2.45) is 11.7 Å². The number of rotatable bonds is 6. The minimum atomic E-state index is -3.82. The van der Waals surface area contributed by atoms with Gasteiger partial charge in [-0.3, -0.25) is 9.52 Å². The fourth-order valence-corrected chi connectivity index (χ4v) is 4.34. The van der Waals surface area contributed by atoms with E-state index in [0.29, 0.717) is 12.1 Å². The summed E-state index contributed by atoms with van der Waals surface area (Å²) in [5.74, 6) is -0.406. The normalized spacial score (nSPS) is 18.9. The van der Waals surface area contributed by atoms with E-state index in [1.165, 1.54) is 48.5 Å². The van der Waals surface area contributed by atoms with Gasteiger partial charge >= 0.3 is 0 Å². The van der Waals surface area contributed by atoms with Crippen molar-refractivity contribution in [3.8, 4) is 0 Å².